The first kappa shape index (κ1) is 14.4. The molecule has 0 saturated carbocycles. The Labute approximate surface area is 101 Å². The number of ether oxygens (including phenoxy) is 1. The number of carbonyl (C=O) groups is 1. The number of nitrogens with one attached hydrogen (secondary N) is 1. The molecule has 1 aliphatic heterocycles. The number of hydrogen-bond donors (Lipinski definition) is 2. The quantitative estimate of drug-likeness (QED) is 0.715. The van der Waals surface area contributed by atoms with Crippen molar-refractivity contribution >= 4 is 16.0 Å². The van der Waals surface area contributed by atoms with Gasteiger partial charge in [0.05, 0.1) is 5.75 Å². The van der Waals surface area contributed by atoms with E-state index >= 15 is 0 Å². The van der Waals surface area contributed by atoms with Crippen LogP contribution in [-0.4, -0.2) is 44.5 Å². The van der Waals surface area contributed by atoms with E-state index in [0.717, 1.165) is 12.8 Å². The molecule has 0 aliphatic carbocycles. The Bertz CT molecular complexity index is 348. The molecule has 0 radical (unpaired) electrons. The largest absolute Gasteiger partial charge is 0.480 e. The van der Waals surface area contributed by atoms with E-state index in [2.05, 4.69) is 4.72 Å². The van der Waals surface area contributed by atoms with Gasteiger partial charge in [-0.1, -0.05) is 0 Å². The van der Waals surface area contributed by atoms with Crippen molar-refractivity contribution in [2.45, 2.75) is 32.2 Å². The van der Waals surface area contributed by atoms with Gasteiger partial charge in [0.2, 0.25) is 10.0 Å². The molecule has 100 valence electrons. The van der Waals surface area contributed by atoms with Crippen molar-refractivity contribution in [3.8, 4) is 0 Å². The van der Waals surface area contributed by atoms with Gasteiger partial charge in [-0.2, -0.15) is 0 Å². The first-order valence-corrected chi connectivity index (χ1v) is 7.36. The molecule has 0 aromatic carbocycles. The highest BCUT2D eigenvalue weighted by atomic mass is 32.2. The Morgan fingerprint density at radius 2 is 2.06 bits per heavy atom. The molecule has 0 spiro atoms. The molecule has 17 heavy (non-hydrogen) atoms. The Balaban J connectivity index is 2.35. The van der Waals surface area contributed by atoms with E-state index in [1.165, 1.54) is 6.92 Å². The predicted octanol–water partition coefficient (Wildman–Crippen LogP) is 0.196. The summed E-state index contributed by atoms with van der Waals surface area (Å²) in [6.07, 6.45) is 2.32. The Morgan fingerprint density at radius 1 is 1.47 bits per heavy atom. The molecule has 0 bridgehead atoms. The van der Waals surface area contributed by atoms with Crippen LogP contribution >= 0.6 is 0 Å². The SMILES string of the molecule is C[C@@H](NS(=O)(=O)CCC1CCOCC1)C(=O)O. The molecule has 0 aromatic heterocycles. The second kappa shape index (κ2) is 6.32. The topological polar surface area (TPSA) is 92.7 Å². The minimum atomic E-state index is -3.50. The molecule has 2 N–H and O–H groups in total. The van der Waals surface area contributed by atoms with Crippen molar-refractivity contribution in [1.29, 1.82) is 0 Å². The lowest BCUT2D eigenvalue weighted by Gasteiger charge is -2.21. The van der Waals surface area contributed by atoms with Gasteiger partial charge in [0, 0.05) is 13.2 Å². The standard InChI is InChI=1S/C10H19NO5S/c1-8(10(12)13)11-17(14,15)7-4-9-2-5-16-6-3-9/h8-9,11H,2-7H2,1H3,(H,12,13)/t8-/m1/s1. The summed E-state index contributed by atoms with van der Waals surface area (Å²) in [5, 5.41) is 8.62. The smallest absolute Gasteiger partial charge is 0.321 e. The molecule has 1 aliphatic rings. The number of aliphatic carboxylic acids is 1. The molecule has 0 amide bonds. The Hall–Kier alpha value is -0.660. The molecular weight excluding hydrogens is 246 g/mol. The van der Waals surface area contributed by atoms with Gasteiger partial charge in [-0.05, 0) is 32.1 Å². The predicted molar refractivity (Wildman–Crippen MR) is 62.2 cm³/mol. The monoisotopic (exact) mass is 265 g/mol. The summed E-state index contributed by atoms with van der Waals surface area (Å²) in [5.41, 5.74) is 0. The Kier molecular flexibility index (Phi) is 5.35. The van der Waals surface area contributed by atoms with Crippen LogP contribution in [-0.2, 0) is 19.6 Å². The minimum Gasteiger partial charge on any atom is -0.480 e. The zero-order valence-corrected chi connectivity index (χ0v) is 10.7. The van der Waals surface area contributed by atoms with Crippen molar-refractivity contribution in [3.63, 3.8) is 0 Å². The minimum absolute atomic E-state index is 0.0186. The fourth-order valence-electron chi connectivity index (χ4n) is 1.74. The van der Waals surface area contributed by atoms with Gasteiger partial charge in [-0.25, -0.2) is 13.1 Å². The molecule has 1 saturated heterocycles. The Morgan fingerprint density at radius 3 is 2.59 bits per heavy atom. The molecule has 1 fully saturated rings. The van der Waals surface area contributed by atoms with E-state index in [-0.39, 0.29) is 5.75 Å². The van der Waals surface area contributed by atoms with Crippen molar-refractivity contribution in [2.75, 3.05) is 19.0 Å². The molecule has 1 heterocycles. The van der Waals surface area contributed by atoms with E-state index in [4.69, 9.17) is 9.84 Å². The normalized spacial score (nSPS) is 20.1. The second-order valence-electron chi connectivity index (χ2n) is 4.34. The lowest BCUT2D eigenvalue weighted by Crippen LogP contribution is -2.40. The molecule has 0 unspecified atom stereocenters. The lowest BCUT2D eigenvalue weighted by atomic mass is 9.98. The fourth-order valence-corrected chi connectivity index (χ4v) is 3.14. The van der Waals surface area contributed by atoms with Crippen LogP contribution in [0.15, 0.2) is 0 Å². The molecular formula is C10H19NO5S. The van der Waals surface area contributed by atoms with E-state index in [9.17, 15) is 13.2 Å². The highest BCUT2D eigenvalue weighted by Gasteiger charge is 2.22. The average molecular weight is 265 g/mol. The van der Waals surface area contributed by atoms with Crippen LogP contribution in [0.1, 0.15) is 26.2 Å². The van der Waals surface area contributed by atoms with E-state index in [1.54, 1.807) is 0 Å². The van der Waals surface area contributed by atoms with Crippen LogP contribution in [0, 0.1) is 5.92 Å². The average Bonchev–Trinajstić information content (AvgIpc) is 2.27. The van der Waals surface area contributed by atoms with Gasteiger partial charge >= 0.3 is 5.97 Å². The van der Waals surface area contributed by atoms with Crippen molar-refractivity contribution in [1.82, 2.24) is 4.72 Å². The summed E-state index contributed by atoms with van der Waals surface area (Å²) in [7, 11) is -3.50. The summed E-state index contributed by atoms with van der Waals surface area (Å²) in [4.78, 5) is 10.5. The molecule has 6 nitrogen and oxygen atoms in total. The third-order valence-corrected chi connectivity index (χ3v) is 4.35. The van der Waals surface area contributed by atoms with Crippen LogP contribution in [0.5, 0.6) is 0 Å². The van der Waals surface area contributed by atoms with Gasteiger partial charge < -0.3 is 9.84 Å². The van der Waals surface area contributed by atoms with Crippen LogP contribution < -0.4 is 4.72 Å². The lowest BCUT2D eigenvalue weighted by molar-refractivity contribution is -0.138. The van der Waals surface area contributed by atoms with Crippen molar-refractivity contribution in [2.24, 2.45) is 5.92 Å². The summed E-state index contributed by atoms with van der Waals surface area (Å²) < 4.78 is 30.5. The van der Waals surface area contributed by atoms with Crippen LogP contribution in [0.2, 0.25) is 0 Å². The van der Waals surface area contributed by atoms with Crippen LogP contribution in [0.3, 0.4) is 0 Å². The summed E-state index contributed by atoms with van der Waals surface area (Å²) >= 11 is 0. The first-order valence-electron chi connectivity index (χ1n) is 5.71. The van der Waals surface area contributed by atoms with Gasteiger partial charge in [-0.15, -0.1) is 0 Å². The maximum Gasteiger partial charge on any atom is 0.321 e. The van der Waals surface area contributed by atoms with Gasteiger partial charge in [0.25, 0.3) is 0 Å². The summed E-state index contributed by atoms with van der Waals surface area (Å²) in [6, 6.07) is -1.07. The fraction of sp³-hybridized carbons (Fsp3) is 0.900. The number of carboxylic acids is 1. The summed E-state index contributed by atoms with van der Waals surface area (Å²) in [5.74, 6) is -0.824. The van der Waals surface area contributed by atoms with E-state index < -0.39 is 22.0 Å². The molecule has 7 heteroatoms. The second-order valence-corrected chi connectivity index (χ2v) is 6.21. The van der Waals surface area contributed by atoms with E-state index in [0.29, 0.717) is 25.6 Å². The highest BCUT2D eigenvalue weighted by molar-refractivity contribution is 7.89. The first-order chi connectivity index (χ1) is 7.91. The van der Waals surface area contributed by atoms with Crippen molar-refractivity contribution < 1.29 is 23.1 Å². The number of rotatable bonds is 6. The molecule has 0 aromatic rings. The zero-order chi connectivity index (χ0) is 12.9. The third-order valence-electron chi connectivity index (χ3n) is 2.86. The van der Waals surface area contributed by atoms with E-state index in [1.807, 2.05) is 0 Å². The molecule has 1 rings (SSSR count). The zero-order valence-electron chi connectivity index (χ0n) is 9.89. The number of hydrogen-bond acceptors (Lipinski definition) is 4. The van der Waals surface area contributed by atoms with Crippen molar-refractivity contribution in [3.05, 3.63) is 0 Å². The third kappa shape index (κ3) is 5.47. The van der Waals surface area contributed by atoms with Gasteiger partial charge in [0.15, 0.2) is 0 Å². The highest BCUT2D eigenvalue weighted by Crippen LogP contribution is 2.18. The van der Waals surface area contributed by atoms with Gasteiger partial charge in [0.1, 0.15) is 6.04 Å². The number of carboxylic acid groups (broad SMARTS) is 1. The van der Waals surface area contributed by atoms with Crippen LogP contribution in [0.4, 0.5) is 0 Å². The number of sulfonamides is 1. The molecule has 1 atom stereocenters. The maximum absolute atomic E-state index is 11.6. The van der Waals surface area contributed by atoms with Crippen LogP contribution in [0.25, 0.3) is 0 Å². The van der Waals surface area contributed by atoms with Gasteiger partial charge in [-0.3, -0.25) is 4.79 Å². The maximum atomic E-state index is 11.6. The summed E-state index contributed by atoms with van der Waals surface area (Å²) in [6.45, 7) is 2.68.